The molecule has 0 atom stereocenters. The largest absolute Gasteiger partial charge is 0.497 e. The third-order valence-corrected chi connectivity index (χ3v) is 2.85. The maximum absolute atomic E-state index is 12.0. The molecule has 1 aromatic rings. The molecule has 1 amide bonds. The van der Waals surface area contributed by atoms with Gasteiger partial charge in [-0.1, -0.05) is 6.08 Å². The predicted octanol–water partition coefficient (Wildman–Crippen LogP) is 2.72. The van der Waals surface area contributed by atoms with Gasteiger partial charge in [0.15, 0.2) is 0 Å². The molecular weight excluding hydrogens is 270 g/mol. The minimum atomic E-state index is -0.0642. The third kappa shape index (κ3) is 2.85. The first-order valence-corrected chi connectivity index (χ1v) is 5.59. The molecule has 4 heteroatoms. The molecule has 0 aliphatic carbocycles. The van der Waals surface area contributed by atoms with Gasteiger partial charge in [-0.15, -0.1) is 6.58 Å². The molecule has 0 N–H and O–H groups in total. The fourth-order valence-corrected chi connectivity index (χ4v) is 1.69. The number of carbonyl (C=O) groups excluding carboxylic acids is 1. The van der Waals surface area contributed by atoms with Gasteiger partial charge in [0.2, 0.25) is 0 Å². The van der Waals surface area contributed by atoms with E-state index in [2.05, 4.69) is 22.5 Å². The predicted molar refractivity (Wildman–Crippen MR) is 67.9 cm³/mol. The van der Waals surface area contributed by atoms with E-state index < -0.39 is 0 Å². The van der Waals surface area contributed by atoms with Crippen LogP contribution in [0, 0.1) is 0 Å². The maximum atomic E-state index is 12.0. The van der Waals surface area contributed by atoms with Gasteiger partial charge in [-0.05, 0) is 34.1 Å². The van der Waals surface area contributed by atoms with Crippen LogP contribution in [0.3, 0.4) is 0 Å². The number of nitrogens with zero attached hydrogens (tertiary/aromatic N) is 1. The first-order chi connectivity index (χ1) is 7.60. The number of halogens is 1. The lowest BCUT2D eigenvalue weighted by Crippen LogP contribution is -2.27. The SMILES string of the molecule is C=CCN(C)C(=O)c1cc(OC)ccc1Br. The lowest BCUT2D eigenvalue weighted by atomic mass is 10.2. The average molecular weight is 284 g/mol. The van der Waals surface area contributed by atoms with Crippen LogP contribution in [-0.4, -0.2) is 31.5 Å². The van der Waals surface area contributed by atoms with Crippen molar-refractivity contribution in [3.05, 3.63) is 40.9 Å². The lowest BCUT2D eigenvalue weighted by Gasteiger charge is -2.16. The summed E-state index contributed by atoms with van der Waals surface area (Å²) in [6, 6.07) is 5.31. The number of amides is 1. The summed E-state index contributed by atoms with van der Waals surface area (Å²) in [5.41, 5.74) is 0.587. The van der Waals surface area contributed by atoms with E-state index in [4.69, 9.17) is 4.74 Å². The summed E-state index contributed by atoms with van der Waals surface area (Å²) in [5, 5.41) is 0. The number of ether oxygens (including phenoxy) is 1. The molecule has 86 valence electrons. The van der Waals surface area contributed by atoms with Crippen LogP contribution in [0.15, 0.2) is 35.3 Å². The average Bonchev–Trinajstić information content (AvgIpc) is 2.29. The molecule has 0 saturated carbocycles. The van der Waals surface area contributed by atoms with Crippen LogP contribution in [0.25, 0.3) is 0 Å². The monoisotopic (exact) mass is 283 g/mol. The Hall–Kier alpha value is -1.29. The molecule has 0 heterocycles. The lowest BCUT2D eigenvalue weighted by molar-refractivity contribution is 0.0809. The highest BCUT2D eigenvalue weighted by molar-refractivity contribution is 9.10. The fraction of sp³-hybridized carbons (Fsp3) is 0.250. The second kappa shape index (κ2) is 5.70. The third-order valence-electron chi connectivity index (χ3n) is 2.15. The normalized spacial score (nSPS) is 9.69. The van der Waals surface area contributed by atoms with E-state index in [1.807, 2.05) is 0 Å². The van der Waals surface area contributed by atoms with Gasteiger partial charge in [-0.3, -0.25) is 4.79 Å². The van der Waals surface area contributed by atoms with Gasteiger partial charge < -0.3 is 9.64 Å². The minimum absolute atomic E-state index is 0.0642. The van der Waals surface area contributed by atoms with Crippen molar-refractivity contribution in [2.45, 2.75) is 0 Å². The van der Waals surface area contributed by atoms with Crippen LogP contribution in [0.2, 0.25) is 0 Å². The van der Waals surface area contributed by atoms with Gasteiger partial charge in [0.25, 0.3) is 5.91 Å². The van der Waals surface area contributed by atoms with Crippen molar-refractivity contribution >= 4 is 21.8 Å². The van der Waals surface area contributed by atoms with Gasteiger partial charge in [0.1, 0.15) is 5.75 Å². The van der Waals surface area contributed by atoms with E-state index in [9.17, 15) is 4.79 Å². The molecule has 0 fully saturated rings. The van der Waals surface area contributed by atoms with Crippen LogP contribution in [0.5, 0.6) is 5.75 Å². The van der Waals surface area contributed by atoms with Crippen LogP contribution in [-0.2, 0) is 0 Å². The second-order valence-electron chi connectivity index (χ2n) is 3.32. The second-order valence-corrected chi connectivity index (χ2v) is 4.17. The number of methoxy groups -OCH3 is 1. The fourth-order valence-electron chi connectivity index (χ4n) is 1.28. The van der Waals surface area contributed by atoms with Crippen molar-refractivity contribution in [3.8, 4) is 5.75 Å². The van der Waals surface area contributed by atoms with Gasteiger partial charge >= 0.3 is 0 Å². The number of rotatable bonds is 4. The number of carbonyl (C=O) groups is 1. The summed E-state index contributed by atoms with van der Waals surface area (Å²) in [4.78, 5) is 13.6. The zero-order valence-electron chi connectivity index (χ0n) is 9.37. The van der Waals surface area contributed by atoms with Gasteiger partial charge in [0.05, 0.1) is 12.7 Å². The van der Waals surface area contributed by atoms with E-state index in [0.29, 0.717) is 17.9 Å². The Kier molecular flexibility index (Phi) is 4.55. The summed E-state index contributed by atoms with van der Waals surface area (Å²) in [7, 11) is 3.31. The van der Waals surface area contributed by atoms with Crippen molar-refractivity contribution < 1.29 is 9.53 Å². The molecule has 0 aromatic heterocycles. The van der Waals surface area contributed by atoms with E-state index in [-0.39, 0.29) is 5.91 Å². The van der Waals surface area contributed by atoms with Crippen molar-refractivity contribution in [3.63, 3.8) is 0 Å². The molecule has 1 rings (SSSR count). The Bertz CT molecular complexity index is 404. The molecule has 1 aromatic carbocycles. The summed E-state index contributed by atoms with van der Waals surface area (Å²) in [6.07, 6.45) is 1.69. The van der Waals surface area contributed by atoms with Crippen molar-refractivity contribution in [1.29, 1.82) is 0 Å². The molecule has 3 nitrogen and oxygen atoms in total. The van der Waals surface area contributed by atoms with Crippen LogP contribution >= 0.6 is 15.9 Å². The maximum Gasteiger partial charge on any atom is 0.255 e. The highest BCUT2D eigenvalue weighted by atomic mass is 79.9. The van der Waals surface area contributed by atoms with Gasteiger partial charge in [-0.2, -0.15) is 0 Å². The van der Waals surface area contributed by atoms with E-state index >= 15 is 0 Å². The van der Waals surface area contributed by atoms with Crippen LogP contribution < -0.4 is 4.74 Å². The minimum Gasteiger partial charge on any atom is -0.497 e. The Morgan fingerprint density at radius 2 is 2.31 bits per heavy atom. The highest BCUT2D eigenvalue weighted by Gasteiger charge is 2.14. The van der Waals surface area contributed by atoms with Crippen molar-refractivity contribution in [2.24, 2.45) is 0 Å². The molecule has 0 aliphatic rings. The first kappa shape index (κ1) is 12.8. The van der Waals surface area contributed by atoms with E-state index in [1.54, 1.807) is 43.3 Å². The topological polar surface area (TPSA) is 29.5 Å². The van der Waals surface area contributed by atoms with Crippen molar-refractivity contribution in [1.82, 2.24) is 4.90 Å². The first-order valence-electron chi connectivity index (χ1n) is 4.80. The van der Waals surface area contributed by atoms with Crippen LogP contribution in [0.4, 0.5) is 0 Å². The molecule has 0 aliphatic heterocycles. The number of likely N-dealkylation sites (N-methyl/N-ethyl adjacent to an activating group) is 1. The Morgan fingerprint density at radius 1 is 1.62 bits per heavy atom. The highest BCUT2D eigenvalue weighted by Crippen LogP contribution is 2.23. The molecule has 0 spiro atoms. The molecule has 0 bridgehead atoms. The van der Waals surface area contributed by atoms with Crippen molar-refractivity contribution in [2.75, 3.05) is 20.7 Å². The zero-order chi connectivity index (χ0) is 12.1. The van der Waals surface area contributed by atoms with E-state index in [0.717, 1.165) is 4.47 Å². The standard InChI is InChI=1S/C12H14BrNO2/c1-4-7-14(2)12(15)10-8-9(16-3)5-6-11(10)13/h4-6,8H,1,7H2,2-3H3. The summed E-state index contributed by atoms with van der Waals surface area (Å²) in [5.74, 6) is 0.601. The Labute approximate surface area is 104 Å². The quantitative estimate of drug-likeness (QED) is 0.796. The number of benzene rings is 1. The molecule has 16 heavy (non-hydrogen) atoms. The Balaban J connectivity index is 3.02. The van der Waals surface area contributed by atoms with Gasteiger partial charge in [0, 0.05) is 18.1 Å². The molecule has 0 unspecified atom stereocenters. The summed E-state index contributed by atoms with van der Waals surface area (Å²) >= 11 is 3.35. The smallest absolute Gasteiger partial charge is 0.255 e. The summed E-state index contributed by atoms with van der Waals surface area (Å²) < 4.78 is 5.85. The van der Waals surface area contributed by atoms with Gasteiger partial charge in [-0.25, -0.2) is 0 Å². The number of hydrogen-bond donors (Lipinski definition) is 0. The van der Waals surface area contributed by atoms with E-state index in [1.165, 1.54) is 0 Å². The Morgan fingerprint density at radius 3 is 2.88 bits per heavy atom. The van der Waals surface area contributed by atoms with Crippen LogP contribution in [0.1, 0.15) is 10.4 Å². The molecular formula is C12H14BrNO2. The molecule has 0 saturated heterocycles. The summed E-state index contributed by atoms with van der Waals surface area (Å²) in [6.45, 7) is 4.12. The molecule has 0 radical (unpaired) electrons. The number of hydrogen-bond acceptors (Lipinski definition) is 2. The zero-order valence-corrected chi connectivity index (χ0v) is 11.0.